The monoisotopic (exact) mass is 462 g/mol. The number of anilines is 1. The Kier molecular flexibility index (Phi) is 7.05. The van der Waals surface area contributed by atoms with Crippen molar-refractivity contribution in [3.05, 3.63) is 47.0 Å². The van der Waals surface area contributed by atoms with Crippen molar-refractivity contribution in [3.8, 4) is 11.5 Å². The first-order valence-corrected chi connectivity index (χ1v) is 11.4. The molecule has 0 radical (unpaired) electrons. The zero-order valence-electron chi connectivity index (χ0n) is 18.4. The number of carbonyl (C=O) groups is 2. The van der Waals surface area contributed by atoms with Crippen molar-refractivity contribution in [1.29, 1.82) is 0 Å². The van der Waals surface area contributed by atoms with Crippen LogP contribution in [0.3, 0.4) is 0 Å². The fourth-order valence-corrected chi connectivity index (χ4v) is 5.08. The van der Waals surface area contributed by atoms with Crippen LogP contribution in [0.4, 0.5) is 5.69 Å². The lowest BCUT2D eigenvalue weighted by Gasteiger charge is -2.17. The Morgan fingerprint density at radius 1 is 0.938 bits per heavy atom. The summed E-state index contributed by atoms with van der Waals surface area (Å²) in [6, 6.07) is 7.30. The highest BCUT2D eigenvalue weighted by atomic mass is 32.2. The smallest absolute Gasteiger partial charge is 0.340 e. The second-order valence-electron chi connectivity index (χ2n) is 7.29. The van der Waals surface area contributed by atoms with Gasteiger partial charge in [0.1, 0.15) is 0 Å². The van der Waals surface area contributed by atoms with Gasteiger partial charge in [0.25, 0.3) is 5.91 Å². The molecule has 3 rings (SSSR count). The third kappa shape index (κ3) is 4.56. The lowest BCUT2D eigenvalue weighted by atomic mass is 10.1. The van der Waals surface area contributed by atoms with Crippen LogP contribution in [0.5, 0.6) is 11.5 Å². The summed E-state index contributed by atoms with van der Waals surface area (Å²) >= 11 is 0. The minimum absolute atomic E-state index is 0.0515. The Morgan fingerprint density at radius 3 is 2.16 bits per heavy atom. The van der Waals surface area contributed by atoms with Crippen molar-refractivity contribution < 1.29 is 32.2 Å². The summed E-state index contributed by atoms with van der Waals surface area (Å²) in [6.07, 6.45) is 1.63. The Morgan fingerprint density at radius 2 is 1.56 bits per heavy atom. The van der Waals surface area contributed by atoms with Crippen molar-refractivity contribution in [1.82, 2.24) is 4.31 Å². The van der Waals surface area contributed by atoms with E-state index >= 15 is 0 Å². The maximum atomic E-state index is 13.1. The molecule has 1 heterocycles. The van der Waals surface area contributed by atoms with Crippen LogP contribution in [0.15, 0.2) is 35.2 Å². The predicted octanol–water partition coefficient (Wildman–Crippen LogP) is 2.84. The maximum Gasteiger partial charge on any atom is 0.340 e. The van der Waals surface area contributed by atoms with E-state index in [1.165, 1.54) is 49.9 Å². The Labute approximate surface area is 187 Å². The van der Waals surface area contributed by atoms with Gasteiger partial charge in [0.2, 0.25) is 10.0 Å². The van der Waals surface area contributed by atoms with Crippen LogP contribution in [0, 0.1) is 6.92 Å². The van der Waals surface area contributed by atoms with Crippen molar-refractivity contribution in [2.24, 2.45) is 0 Å². The highest BCUT2D eigenvalue weighted by Crippen LogP contribution is 2.34. The molecular formula is C22H26N2O7S. The molecule has 32 heavy (non-hydrogen) atoms. The van der Waals surface area contributed by atoms with Crippen molar-refractivity contribution in [2.45, 2.75) is 24.7 Å². The van der Waals surface area contributed by atoms with Gasteiger partial charge in [-0.05, 0) is 37.5 Å². The van der Waals surface area contributed by atoms with Gasteiger partial charge >= 0.3 is 5.97 Å². The maximum absolute atomic E-state index is 13.1. The first-order valence-electron chi connectivity index (χ1n) is 9.99. The molecule has 1 aliphatic rings. The minimum Gasteiger partial charge on any atom is -0.493 e. The van der Waals surface area contributed by atoms with E-state index in [4.69, 9.17) is 14.2 Å². The third-order valence-corrected chi connectivity index (χ3v) is 7.23. The summed E-state index contributed by atoms with van der Waals surface area (Å²) in [5, 5.41) is 2.67. The van der Waals surface area contributed by atoms with Crippen molar-refractivity contribution >= 4 is 27.6 Å². The second-order valence-corrected chi connectivity index (χ2v) is 9.22. The topological polar surface area (TPSA) is 111 Å². The molecule has 172 valence electrons. The zero-order chi connectivity index (χ0) is 23.5. The molecule has 1 saturated heterocycles. The summed E-state index contributed by atoms with van der Waals surface area (Å²) in [5.74, 6) is -0.653. The molecule has 1 fully saturated rings. The van der Waals surface area contributed by atoms with E-state index in [2.05, 4.69) is 5.32 Å². The number of benzene rings is 2. The lowest BCUT2D eigenvalue weighted by molar-refractivity contribution is 0.0601. The number of amides is 1. The van der Waals surface area contributed by atoms with Gasteiger partial charge in [0.05, 0.1) is 37.5 Å². The molecule has 0 atom stereocenters. The number of sulfonamides is 1. The van der Waals surface area contributed by atoms with E-state index in [-0.39, 0.29) is 21.7 Å². The summed E-state index contributed by atoms with van der Waals surface area (Å²) < 4.78 is 42.5. The molecule has 10 heteroatoms. The van der Waals surface area contributed by atoms with E-state index < -0.39 is 21.9 Å². The molecule has 0 spiro atoms. The number of aryl methyl sites for hydroxylation is 1. The average Bonchev–Trinajstić information content (AvgIpc) is 3.34. The Balaban J connectivity index is 1.99. The van der Waals surface area contributed by atoms with Crippen LogP contribution in [-0.4, -0.2) is 59.0 Å². The first-order chi connectivity index (χ1) is 15.2. The number of esters is 1. The van der Waals surface area contributed by atoms with E-state index in [9.17, 15) is 18.0 Å². The molecule has 1 amide bonds. The van der Waals surface area contributed by atoms with Crippen LogP contribution < -0.4 is 14.8 Å². The molecule has 1 aliphatic heterocycles. The highest BCUT2D eigenvalue weighted by molar-refractivity contribution is 7.89. The number of rotatable bonds is 7. The minimum atomic E-state index is -3.69. The molecule has 0 aromatic heterocycles. The van der Waals surface area contributed by atoms with E-state index in [1.54, 1.807) is 13.0 Å². The van der Waals surface area contributed by atoms with Gasteiger partial charge in [-0.25, -0.2) is 13.2 Å². The quantitative estimate of drug-likeness (QED) is 0.630. The number of ether oxygens (including phenoxy) is 3. The molecule has 0 saturated carbocycles. The predicted molar refractivity (Wildman–Crippen MR) is 118 cm³/mol. The van der Waals surface area contributed by atoms with E-state index in [0.717, 1.165) is 12.8 Å². The number of methoxy groups -OCH3 is 3. The molecular weight excluding hydrogens is 436 g/mol. The standard InChI is InChI=1S/C22H26N2O7S/c1-14-7-8-15(32(27,28)24-9-5-6-10-24)11-16(14)21(25)23-18-13-20(30-3)19(29-2)12-17(18)22(26)31-4/h7-8,11-13H,5-6,9-10H2,1-4H3,(H,23,25). The highest BCUT2D eigenvalue weighted by Gasteiger charge is 2.28. The van der Waals surface area contributed by atoms with Crippen LogP contribution in [0.25, 0.3) is 0 Å². The number of hydrogen-bond acceptors (Lipinski definition) is 7. The van der Waals surface area contributed by atoms with Gasteiger partial charge in [-0.15, -0.1) is 0 Å². The third-order valence-electron chi connectivity index (χ3n) is 5.33. The molecule has 9 nitrogen and oxygen atoms in total. The molecule has 0 unspecified atom stereocenters. The van der Waals surface area contributed by atoms with E-state index in [0.29, 0.717) is 30.2 Å². The molecule has 0 bridgehead atoms. The van der Waals surface area contributed by atoms with Gasteiger partial charge in [-0.1, -0.05) is 6.07 Å². The van der Waals surface area contributed by atoms with Crippen LogP contribution in [0.2, 0.25) is 0 Å². The average molecular weight is 463 g/mol. The summed E-state index contributed by atoms with van der Waals surface area (Å²) in [5.41, 5.74) is 0.975. The van der Waals surface area contributed by atoms with Gasteiger partial charge in [-0.3, -0.25) is 4.79 Å². The largest absolute Gasteiger partial charge is 0.493 e. The van der Waals surface area contributed by atoms with Gasteiger partial charge in [0, 0.05) is 30.8 Å². The number of nitrogens with one attached hydrogen (secondary N) is 1. The van der Waals surface area contributed by atoms with Crippen LogP contribution in [-0.2, 0) is 14.8 Å². The van der Waals surface area contributed by atoms with E-state index in [1.807, 2.05) is 0 Å². The first kappa shape index (κ1) is 23.6. The number of nitrogens with zero attached hydrogens (tertiary/aromatic N) is 1. The van der Waals surface area contributed by atoms with Gasteiger partial charge < -0.3 is 19.5 Å². The van der Waals surface area contributed by atoms with Crippen molar-refractivity contribution in [2.75, 3.05) is 39.7 Å². The molecule has 1 N–H and O–H groups in total. The van der Waals surface area contributed by atoms with Crippen LogP contribution >= 0.6 is 0 Å². The van der Waals surface area contributed by atoms with Gasteiger partial charge in [-0.2, -0.15) is 4.31 Å². The molecule has 2 aromatic rings. The second kappa shape index (κ2) is 9.58. The Bertz CT molecular complexity index is 1140. The number of carbonyl (C=O) groups excluding carboxylic acids is 2. The normalized spacial score (nSPS) is 14.1. The molecule has 2 aromatic carbocycles. The van der Waals surface area contributed by atoms with Crippen LogP contribution in [0.1, 0.15) is 39.1 Å². The Hall–Kier alpha value is -3.11. The van der Waals surface area contributed by atoms with Gasteiger partial charge in [0.15, 0.2) is 11.5 Å². The molecule has 0 aliphatic carbocycles. The summed E-state index contributed by atoms with van der Waals surface area (Å²) in [6.45, 7) is 2.63. The summed E-state index contributed by atoms with van der Waals surface area (Å²) in [7, 11) is 0.389. The summed E-state index contributed by atoms with van der Waals surface area (Å²) in [4.78, 5) is 25.4. The number of hydrogen-bond donors (Lipinski definition) is 1. The SMILES string of the molecule is COC(=O)c1cc(OC)c(OC)cc1NC(=O)c1cc(S(=O)(=O)N2CCCC2)ccc1C. The fourth-order valence-electron chi connectivity index (χ4n) is 3.53. The fraction of sp³-hybridized carbons (Fsp3) is 0.364. The van der Waals surface area contributed by atoms with Crippen molar-refractivity contribution in [3.63, 3.8) is 0 Å². The zero-order valence-corrected chi connectivity index (χ0v) is 19.2. The lowest BCUT2D eigenvalue weighted by Crippen LogP contribution is -2.28.